The van der Waals surface area contributed by atoms with Gasteiger partial charge in [-0.05, 0) is 96.1 Å². The van der Waals surface area contributed by atoms with Crippen molar-refractivity contribution in [2.45, 2.75) is 24.3 Å². The predicted octanol–water partition coefficient (Wildman–Crippen LogP) is 7.54. The highest BCUT2D eigenvalue weighted by Gasteiger charge is 2.28. The van der Waals surface area contributed by atoms with Crippen LogP contribution in [-0.2, 0) is 15.6 Å². The highest BCUT2D eigenvalue weighted by atomic mass is 127. The average Bonchev–Trinajstić information content (AvgIpc) is 3.20. The number of rotatable bonds is 6. The Labute approximate surface area is 248 Å². The Balaban J connectivity index is 1.74. The van der Waals surface area contributed by atoms with Gasteiger partial charge in [-0.15, -0.1) is 0 Å². The summed E-state index contributed by atoms with van der Waals surface area (Å²) < 4.78 is 44.3. The molecule has 0 amide bonds. The summed E-state index contributed by atoms with van der Waals surface area (Å²) in [5.41, 5.74) is 1.85. The number of halogens is 3. The summed E-state index contributed by atoms with van der Waals surface area (Å²) in [6, 6.07) is 21.4. The molecule has 10 heteroatoms. The number of carboxylic acid groups (broad SMARTS) is 1. The zero-order chi connectivity index (χ0) is 29.0. The summed E-state index contributed by atoms with van der Waals surface area (Å²) in [6.07, 6.45) is 0. The maximum absolute atomic E-state index is 14.3. The van der Waals surface area contributed by atoms with E-state index in [2.05, 4.69) is 0 Å². The predicted molar refractivity (Wildman–Crippen MR) is 162 cm³/mol. The first kappa shape index (κ1) is 28.3. The van der Waals surface area contributed by atoms with Gasteiger partial charge in [0.25, 0.3) is 10.0 Å². The minimum Gasteiger partial charge on any atom is -0.478 e. The normalized spacial score (nSPS) is 12.2. The third kappa shape index (κ3) is 5.03. The monoisotopic (exact) mass is 689 g/mol. The first-order valence-electron chi connectivity index (χ1n) is 12.0. The van der Waals surface area contributed by atoms with Crippen molar-refractivity contribution in [2.75, 3.05) is 0 Å². The minimum atomic E-state index is -4.18. The zero-order valence-electron chi connectivity index (χ0n) is 21.2. The fraction of sp³-hybridized carbons (Fsp3) is 0.100. The molecule has 0 saturated carbocycles. The largest absolute Gasteiger partial charge is 0.478 e. The lowest BCUT2D eigenvalue weighted by atomic mass is 9.99. The number of hydrogen-bond donors (Lipinski definition) is 2. The summed E-state index contributed by atoms with van der Waals surface area (Å²) in [6.45, 7) is 3.22. The molecule has 0 unspecified atom stereocenters. The third-order valence-corrected chi connectivity index (χ3v) is 9.72. The molecule has 0 aliphatic rings. The SMILES string of the molecule is CC(C)(O)c1ccc(S(=O)(=O)n2c(-c3cccc(-c4ccc(C(=O)O)cc4Cl)c3)c(I)c3cc(F)ccc32)cc1. The summed E-state index contributed by atoms with van der Waals surface area (Å²) in [7, 11) is -4.18. The van der Waals surface area contributed by atoms with Gasteiger partial charge >= 0.3 is 5.97 Å². The van der Waals surface area contributed by atoms with E-state index in [1.165, 1.54) is 46.4 Å². The lowest BCUT2D eigenvalue weighted by Crippen LogP contribution is -2.17. The molecule has 0 bridgehead atoms. The molecule has 4 aromatic carbocycles. The van der Waals surface area contributed by atoms with E-state index in [4.69, 9.17) is 11.6 Å². The number of benzene rings is 4. The van der Waals surface area contributed by atoms with Crippen LogP contribution in [0.2, 0.25) is 5.02 Å². The summed E-state index contributed by atoms with van der Waals surface area (Å²) in [5, 5.41) is 20.3. The molecule has 0 radical (unpaired) electrons. The zero-order valence-corrected chi connectivity index (χ0v) is 24.9. The quantitative estimate of drug-likeness (QED) is 0.180. The van der Waals surface area contributed by atoms with Crippen LogP contribution in [-0.4, -0.2) is 28.6 Å². The Morgan fingerprint density at radius 2 is 1.62 bits per heavy atom. The smallest absolute Gasteiger partial charge is 0.335 e. The van der Waals surface area contributed by atoms with Crippen LogP contribution in [0, 0.1) is 9.39 Å². The van der Waals surface area contributed by atoms with E-state index in [1.54, 1.807) is 56.3 Å². The van der Waals surface area contributed by atoms with Gasteiger partial charge in [0.1, 0.15) is 5.82 Å². The van der Waals surface area contributed by atoms with E-state index in [0.29, 0.717) is 42.4 Å². The Morgan fingerprint density at radius 3 is 2.25 bits per heavy atom. The lowest BCUT2D eigenvalue weighted by Gasteiger charge is -2.18. The highest BCUT2D eigenvalue weighted by Crippen LogP contribution is 2.40. The molecule has 0 atom stereocenters. The number of aliphatic hydroxyl groups is 1. The number of carbonyl (C=O) groups is 1. The number of aromatic nitrogens is 1. The van der Waals surface area contributed by atoms with E-state index in [1.807, 2.05) is 22.6 Å². The first-order valence-corrected chi connectivity index (χ1v) is 14.9. The van der Waals surface area contributed by atoms with Crippen LogP contribution in [0.4, 0.5) is 4.39 Å². The fourth-order valence-electron chi connectivity index (χ4n) is 4.55. The van der Waals surface area contributed by atoms with Crippen LogP contribution in [0.1, 0.15) is 29.8 Å². The number of fused-ring (bicyclic) bond motifs is 1. The van der Waals surface area contributed by atoms with Gasteiger partial charge in [-0.1, -0.05) is 48.0 Å². The van der Waals surface area contributed by atoms with Crippen LogP contribution in [0.3, 0.4) is 0 Å². The van der Waals surface area contributed by atoms with Crippen LogP contribution >= 0.6 is 34.2 Å². The van der Waals surface area contributed by atoms with E-state index in [0.717, 1.165) is 0 Å². The Kier molecular flexibility index (Phi) is 7.28. The average molecular weight is 690 g/mol. The van der Waals surface area contributed by atoms with Crippen molar-refractivity contribution in [1.29, 1.82) is 0 Å². The molecule has 0 aliphatic carbocycles. The summed E-state index contributed by atoms with van der Waals surface area (Å²) in [5.74, 6) is -1.60. The van der Waals surface area contributed by atoms with E-state index in [9.17, 15) is 27.8 Å². The van der Waals surface area contributed by atoms with Crippen LogP contribution < -0.4 is 0 Å². The number of nitrogens with zero attached hydrogens (tertiary/aromatic N) is 1. The van der Waals surface area contributed by atoms with Crippen molar-refractivity contribution in [3.8, 4) is 22.4 Å². The van der Waals surface area contributed by atoms with Crippen LogP contribution in [0.15, 0.2) is 89.8 Å². The molecule has 204 valence electrons. The van der Waals surface area contributed by atoms with E-state index >= 15 is 0 Å². The molecule has 40 heavy (non-hydrogen) atoms. The molecule has 0 aliphatic heterocycles. The van der Waals surface area contributed by atoms with Gasteiger partial charge in [0.2, 0.25) is 0 Å². The second-order valence-corrected chi connectivity index (χ2v) is 13.0. The number of hydrogen-bond acceptors (Lipinski definition) is 4. The Bertz CT molecular complexity index is 1910. The van der Waals surface area contributed by atoms with Gasteiger partial charge in [-0.2, -0.15) is 0 Å². The van der Waals surface area contributed by atoms with Gasteiger partial charge in [0.05, 0.1) is 27.3 Å². The standard InChI is InChI=1S/C30H22ClFINO5S/c1-30(2,37)20-7-10-22(11-8-20)40(38,39)34-26-13-9-21(32)16-24(26)27(33)28(34)18-5-3-4-17(14-18)23-12-6-19(29(35)36)15-25(23)31/h3-16,37H,1-2H3,(H,35,36). The highest BCUT2D eigenvalue weighted by molar-refractivity contribution is 14.1. The molecular formula is C30H22ClFINO5S. The van der Waals surface area contributed by atoms with Gasteiger partial charge in [-0.25, -0.2) is 21.6 Å². The fourth-order valence-corrected chi connectivity index (χ4v) is 7.53. The van der Waals surface area contributed by atoms with Gasteiger partial charge in [0, 0.05) is 25.1 Å². The lowest BCUT2D eigenvalue weighted by molar-refractivity contribution is 0.0696. The molecule has 1 heterocycles. The van der Waals surface area contributed by atoms with Gasteiger partial charge in [0.15, 0.2) is 0 Å². The van der Waals surface area contributed by atoms with Crippen LogP contribution in [0.5, 0.6) is 0 Å². The summed E-state index contributed by atoms with van der Waals surface area (Å²) in [4.78, 5) is 11.3. The second kappa shape index (κ2) is 10.3. The molecule has 0 saturated heterocycles. The van der Waals surface area contributed by atoms with Crippen molar-refractivity contribution in [3.63, 3.8) is 0 Å². The second-order valence-electron chi connectivity index (χ2n) is 9.76. The Hall–Kier alpha value is -3.25. The Morgan fingerprint density at radius 1 is 0.950 bits per heavy atom. The molecule has 2 N–H and O–H groups in total. The first-order chi connectivity index (χ1) is 18.8. The molecular weight excluding hydrogens is 668 g/mol. The van der Waals surface area contributed by atoms with Crippen molar-refractivity contribution >= 4 is 61.1 Å². The molecule has 0 spiro atoms. The third-order valence-electron chi connectivity index (χ3n) is 6.59. The topological polar surface area (TPSA) is 96.6 Å². The maximum Gasteiger partial charge on any atom is 0.335 e. The van der Waals surface area contributed by atoms with Crippen molar-refractivity contribution in [1.82, 2.24) is 3.97 Å². The summed E-state index contributed by atoms with van der Waals surface area (Å²) >= 11 is 8.45. The minimum absolute atomic E-state index is 0.00262. The van der Waals surface area contributed by atoms with Gasteiger partial charge < -0.3 is 10.2 Å². The molecule has 5 rings (SSSR count). The molecule has 5 aromatic rings. The van der Waals surface area contributed by atoms with Crippen molar-refractivity contribution in [2.24, 2.45) is 0 Å². The van der Waals surface area contributed by atoms with Crippen molar-refractivity contribution < 1.29 is 27.8 Å². The maximum atomic E-state index is 14.3. The van der Waals surface area contributed by atoms with Crippen LogP contribution in [0.25, 0.3) is 33.3 Å². The molecule has 1 aromatic heterocycles. The van der Waals surface area contributed by atoms with Crippen molar-refractivity contribution in [3.05, 3.63) is 110 Å². The molecule has 6 nitrogen and oxygen atoms in total. The molecule has 0 fully saturated rings. The van der Waals surface area contributed by atoms with E-state index in [-0.39, 0.29) is 15.5 Å². The van der Waals surface area contributed by atoms with Gasteiger partial charge in [-0.3, -0.25) is 0 Å². The van der Waals surface area contributed by atoms with E-state index < -0.39 is 27.4 Å². The number of carboxylic acids is 1. The number of aromatic carboxylic acids is 1.